The van der Waals surface area contributed by atoms with Crippen LogP contribution in [0, 0.1) is 0 Å². The molecule has 0 saturated carbocycles. The van der Waals surface area contributed by atoms with E-state index in [4.69, 9.17) is 16.3 Å². The van der Waals surface area contributed by atoms with E-state index in [0.29, 0.717) is 18.2 Å². The molecule has 4 nitrogen and oxygen atoms in total. The van der Waals surface area contributed by atoms with Crippen LogP contribution in [0.5, 0.6) is 0 Å². The second-order valence-corrected chi connectivity index (χ2v) is 5.28. The molecule has 1 atom stereocenters. The van der Waals surface area contributed by atoms with Crippen LogP contribution in [-0.2, 0) is 16.1 Å². The molecule has 0 aliphatic rings. The monoisotopic (exact) mass is 298 g/mol. The third-order valence-corrected chi connectivity index (χ3v) is 3.53. The van der Waals surface area contributed by atoms with Crippen molar-refractivity contribution in [3.8, 4) is 0 Å². The first-order valence-electron chi connectivity index (χ1n) is 6.76. The maximum absolute atomic E-state index is 12.0. The summed E-state index contributed by atoms with van der Waals surface area (Å²) < 4.78 is 5.01. The summed E-state index contributed by atoms with van der Waals surface area (Å²) in [4.78, 5) is 14.1. The van der Waals surface area contributed by atoms with Gasteiger partial charge in [-0.15, -0.1) is 0 Å². The van der Waals surface area contributed by atoms with Crippen molar-refractivity contribution in [1.82, 2.24) is 10.2 Å². The lowest BCUT2D eigenvalue weighted by Gasteiger charge is -2.23. The first kappa shape index (κ1) is 17.0. The third-order valence-electron chi connectivity index (χ3n) is 3.28. The Kier molecular flexibility index (Phi) is 7.59. The number of nitrogens with zero attached hydrogens (tertiary/aromatic N) is 1. The summed E-state index contributed by atoms with van der Waals surface area (Å²) in [6.45, 7) is 3.98. The van der Waals surface area contributed by atoms with Gasteiger partial charge in [-0.25, -0.2) is 0 Å². The highest BCUT2D eigenvalue weighted by atomic mass is 35.5. The van der Waals surface area contributed by atoms with E-state index in [1.807, 2.05) is 43.1 Å². The maximum Gasteiger partial charge on any atom is 0.237 e. The number of amides is 1. The van der Waals surface area contributed by atoms with E-state index in [1.165, 1.54) is 0 Å². The summed E-state index contributed by atoms with van der Waals surface area (Å²) in [5.41, 5.74) is 1.04. The van der Waals surface area contributed by atoms with Gasteiger partial charge in [0.25, 0.3) is 0 Å². The van der Waals surface area contributed by atoms with Crippen molar-refractivity contribution >= 4 is 17.5 Å². The third kappa shape index (κ3) is 5.90. The number of likely N-dealkylation sites (N-methyl/N-ethyl adjacent to an activating group) is 1. The van der Waals surface area contributed by atoms with Crippen molar-refractivity contribution in [3.05, 3.63) is 34.9 Å². The molecule has 1 amide bonds. The second kappa shape index (κ2) is 8.95. The fourth-order valence-corrected chi connectivity index (χ4v) is 1.92. The minimum atomic E-state index is -0.154. The van der Waals surface area contributed by atoms with Crippen molar-refractivity contribution in [3.63, 3.8) is 0 Å². The van der Waals surface area contributed by atoms with E-state index in [0.717, 1.165) is 18.5 Å². The average molecular weight is 299 g/mol. The summed E-state index contributed by atoms with van der Waals surface area (Å²) in [5.74, 6) is 0.0277. The molecule has 0 saturated heterocycles. The topological polar surface area (TPSA) is 41.6 Å². The van der Waals surface area contributed by atoms with E-state index >= 15 is 0 Å². The normalized spacial score (nSPS) is 12.4. The highest BCUT2D eigenvalue weighted by molar-refractivity contribution is 6.30. The zero-order chi connectivity index (χ0) is 15.0. The maximum atomic E-state index is 12.0. The molecule has 112 valence electrons. The number of carbonyl (C=O) groups is 1. The molecule has 0 radical (unpaired) electrons. The Bertz CT molecular complexity index is 409. The van der Waals surface area contributed by atoms with E-state index < -0.39 is 0 Å². The fraction of sp³-hybridized carbons (Fsp3) is 0.533. The van der Waals surface area contributed by atoms with Crippen molar-refractivity contribution in [2.24, 2.45) is 0 Å². The summed E-state index contributed by atoms with van der Waals surface area (Å²) in [7, 11) is 3.63. The Balaban J connectivity index is 2.35. The minimum absolute atomic E-state index is 0.0277. The van der Waals surface area contributed by atoms with E-state index in [1.54, 1.807) is 7.11 Å². The molecule has 1 aromatic rings. The highest BCUT2D eigenvalue weighted by Gasteiger charge is 2.16. The van der Waals surface area contributed by atoms with Crippen LogP contribution in [0.25, 0.3) is 0 Å². The van der Waals surface area contributed by atoms with Gasteiger partial charge in [0.1, 0.15) is 0 Å². The molecule has 0 bridgehead atoms. The Morgan fingerprint density at radius 3 is 2.65 bits per heavy atom. The molecule has 1 rings (SSSR count). The Morgan fingerprint density at radius 2 is 2.05 bits per heavy atom. The van der Waals surface area contributed by atoms with Gasteiger partial charge >= 0.3 is 0 Å². The molecule has 1 N–H and O–H groups in total. The number of hydrogen-bond donors (Lipinski definition) is 1. The number of halogens is 1. The van der Waals surface area contributed by atoms with Gasteiger partial charge in [0.05, 0.1) is 6.04 Å². The molecular formula is C15H23ClN2O2. The molecule has 0 heterocycles. The molecule has 5 heteroatoms. The van der Waals surface area contributed by atoms with Crippen molar-refractivity contribution in [2.45, 2.75) is 25.9 Å². The van der Waals surface area contributed by atoms with Gasteiger partial charge in [0, 0.05) is 31.8 Å². The van der Waals surface area contributed by atoms with E-state index in [-0.39, 0.29) is 11.9 Å². The highest BCUT2D eigenvalue weighted by Crippen LogP contribution is 2.09. The van der Waals surface area contributed by atoms with E-state index in [2.05, 4.69) is 5.32 Å². The van der Waals surface area contributed by atoms with Crippen LogP contribution in [0.15, 0.2) is 24.3 Å². The van der Waals surface area contributed by atoms with E-state index in [9.17, 15) is 4.79 Å². The van der Waals surface area contributed by atoms with Gasteiger partial charge in [0.15, 0.2) is 0 Å². The number of rotatable bonds is 8. The van der Waals surface area contributed by atoms with Crippen LogP contribution in [-0.4, -0.2) is 44.2 Å². The number of methoxy groups -OCH3 is 1. The van der Waals surface area contributed by atoms with Gasteiger partial charge < -0.3 is 10.1 Å². The number of ether oxygens (including phenoxy) is 1. The molecule has 1 aromatic carbocycles. The Labute approximate surface area is 126 Å². The van der Waals surface area contributed by atoms with Crippen LogP contribution in [0.4, 0.5) is 0 Å². The summed E-state index contributed by atoms with van der Waals surface area (Å²) in [6.07, 6.45) is 0.918. The lowest BCUT2D eigenvalue weighted by Crippen LogP contribution is -2.43. The zero-order valence-electron chi connectivity index (χ0n) is 12.4. The average Bonchev–Trinajstić information content (AvgIpc) is 2.45. The van der Waals surface area contributed by atoms with Crippen molar-refractivity contribution in [2.75, 3.05) is 27.3 Å². The smallest absolute Gasteiger partial charge is 0.237 e. The minimum Gasteiger partial charge on any atom is -0.385 e. The summed E-state index contributed by atoms with van der Waals surface area (Å²) in [5, 5.41) is 3.63. The molecule has 0 aliphatic heterocycles. The first-order chi connectivity index (χ1) is 9.54. The van der Waals surface area contributed by atoms with Gasteiger partial charge in [-0.3, -0.25) is 9.69 Å². The lowest BCUT2D eigenvalue weighted by molar-refractivity contribution is -0.125. The van der Waals surface area contributed by atoms with Gasteiger partial charge in [-0.2, -0.15) is 0 Å². The van der Waals surface area contributed by atoms with Gasteiger partial charge in [-0.05, 0) is 38.1 Å². The number of carbonyl (C=O) groups excluding carboxylic acids is 1. The molecule has 0 aliphatic carbocycles. The summed E-state index contributed by atoms with van der Waals surface area (Å²) in [6, 6.07) is 7.32. The molecule has 0 spiro atoms. The largest absolute Gasteiger partial charge is 0.385 e. The van der Waals surface area contributed by atoms with Crippen LogP contribution < -0.4 is 5.32 Å². The number of hydrogen-bond acceptors (Lipinski definition) is 3. The summed E-state index contributed by atoms with van der Waals surface area (Å²) >= 11 is 5.82. The number of nitrogens with one attached hydrogen (secondary N) is 1. The van der Waals surface area contributed by atoms with Crippen LogP contribution in [0.2, 0.25) is 5.02 Å². The van der Waals surface area contributed by atoms with Gasteiger partial charge in [-0.1, -0.05) is 23.7 Å². The lowest BCUT2D eigenvalue weighted by atomic mass is 10.2. The zero-order valence-corrected chi connectivity index (χ0v) is 13.1. The molecule has 0 aromatic heterocycles. The van der Waals surface area contributed by atoms with Crippen LogP contribution >= 0.6 is 11.6 Å². The first-order valence-corrected chi connectivity index (χ1v) is 7.13. The van der Waals surface area contributed by atoms with Crippen molar-refractivity contribution in [1.29, 1.82) is 0 Å². The van der Waals surface area contributed by atoms with Crippen LogP contribution in [0.1, 0.15) is 18.9 Å². The quantitative estimate of drug-likeness (QED) is 0.749. The predicted molar refractivity (Wildman–Crippen MR) is 81.9 cm³/mol. The molecule has 1 unspecified atom stereocenters. The SMILES string of the molecule is COCCCN(C)C(C)C(=O)NCc1ccc(Cl)cc1. The molecular weight excluding hydrogens is 276 g/mol. The van der Waals surface area contributed by atoms with Gasteiger partial charge in [0.2, 0.25) is 5.91 Å². The standard InChI is InChI=1S/C15H23ClN2O2/c1-12(18(2)9-4-10-20-3)15(19)17-11-13-5-7-14(16)8-6-13/h5-8,12H,4,9-11H2,1-3H3,(H,17,19). The molecule has 0 fully saturated rings. The second-order valence-electron chi connectivity index (χ2n) is 4.85. The van der Waals surface area contributed by atoms with Crippen LogP contribution in [0.3, 0.4) is 0 Å². The molecule has 20 heavy (non-hydrogen) atoms. The van der Waals surface area contributed by atoms with Crippen molar-refractivity contribution < 1.29 is 9.53 Å². The predicted octanol–water partition coefficient (Wildman–Crippen LogP) is 2.31. The Morgan fingerprint density at radius 1 is 1.40 bits per heavy atom. The Hall–Kier alpha value is -1.10. The number of benzene rings is 1. The fourth-order valence-electron chi connectivity index (χ4n) is 1.79.